The fourth-order valence-corrected chi connectivity index (χ4v) is 3.14. The predicted octanol–water partition coefficient (Wildman–Crippen LogP) is 2.03. The van der Waals surface area contributed by atoms with E-state index < -0.39 is 28.4 Å². The highest BCUT2D eigenvalue weighted by molar-refractivity contribution is 7.85. The van der Waals surface area contributed by atoms with Gasteiger partial charge >= 0.3 is 12.2 Å². The van der Waals surface area contributed by atoms with Gasteiger partial charge in [0.1, 0.15) is 25.2 Å². The average molecular weight is 447 g/mol. The molecular formula is C20H21N3O7S. The van der Waals surface area contributed by atoms with Gasteiger partial charge in [-0.1, -0.05) is 30.3 Å². The Morgan fingerprint density at radius 1 is 1.19 bits per heavy atom. The number of nitrogens with two attached hydrogens (primary N) is 1. The van der Waals surface area contributed by atoms with E-state index in [4.69, 9.17) is 15.2 Å². The molecule has 0 radical (unpaired) electrons. The standard InChI is InChI=1S/C20H21N3O7S/c1-31(26,27)29-13-17-11-23(20(25)30-17)16-9-7-15(8-10-16)18(21)22-19(24)28-12-14-5-3-2-4-6-14/h2-10,17H,11-13H2,1H3,(H2,21,22,24). The fraction of sp³-hybridized carbons (Fsp3) is 0.250. The van der Waals surface area contributed by atoms with Crippen LogP contribution in [-0.4, -0.2) is 52.0 Å². The molecule has 0 aromatic heterocycles. The highest BCUT2D eigenvalue weighted by Gasteiger charge is 2.33. The van der Waals surface area contributed by atoms with E-state index in [2.05, 4.69) is 9.18 Å². The lowest BCUT2D eigenvalue weighted by Gasteiger charge is -2.13. The van der Waals surface area contributed by atoms with Gasteiger partial charge < -0.3 is 15.2 Å². The third kappa shape index (κ3) is 6.52. The Balaban J connectivity index is 1.58. The Morgan fingerprint density at radius 3 is 2.52 bits per heavy atom. The molecule has 1 saturated heterocycles. The van der Waals surface area contributed by atoms with E-state index in [1.807, 2.05) is 30.3 Å². The summed E-state index contributed by atoms with van der Waals surface area (Å²) in [5.74, 6) is -0.0342. The number of aliphatic imine (C=N–C) groups is 1. The molecule has 0 saturated carbocycles. The summed E-state index contributed by atoms with van der Waals surface area (Å²) >= 11 is 0. The van der Waals surface area contributed by atoms with Crippen LogP contribution in [0.1, 0.15) is 11.1 Å². The van der Waals surface area contributed by atoms with Crippen molar-refractivity contribution in [2.24, 2.45) is 10.7 Å². The lowest BCUT2D eigenvalue weighted by molar-refractivity contribution is 0.107. The lowest BCUT2D eigenvalue weighted by Crippen LogP contribution is -2.26. The quantitative estimate of drug-likeness (QED) is 0.387. The van der Waals surface area contributed by atoms with Crippen molar-refractivity contribution in [2.45, 2.75) is 12.7 Å². The summed E-state index contributed by atoms with van der Waals surface area (Å²) in [6, 6.07) is 15.6. The molecule has 1 atom stereocenters. The van der Waals surface area contributed by atoms with Crippen molar-refractivity contribution < 1.29 is 31.7 Å². The van der Waals surface area contributed by atoms with Gasteiger partial charge in [0.15, 0.2) is 0 Å². The lowest BCUT2D eigenvalue weighted by atomic mass is 10.2. The zero-order valence-corrected chi connectivity index (χ0v) is 17.4. The molecule has 10 nitrogen and oxygen atoms in total. The second kappa shape index (κ2) is 9.58. The molecule has 2 aromatic carbocycles. The van der Waals surface area contributed by atoms with Crippen molar-refractivity contribution in [1.82, 2.24) is 0 Å². The topological polar surface area (TPSA) is 138 Å². The van der Waals surface area contributed by atoms with Gasteiger partial charge in [0.2, 0.25) is 0 Å². The Kier molecular flexibility index (Phi) is 6.88. The zero-order valence-electron chi connectivity index (χ0n) is 16.6. The number of cyclic esters (lactones) is 1. The molecule has 2 N–H and O–H groups in total. The summed E-state index contributed by atoms with van der Waals surface area (Å²) in [6.07, 6.45) is -1.24. The third-order valence-electron chi connectivity index (χ3n) is 4.23. The molecule has 3 rings (SSSR count). The first-order valence-electron chi connectivity index (χ1n) is 9.19. The van der Waals surface area contributed by atoms with Crippen LogP contribution in [0.2, 0.25) is 0 Å². The van der Waals surface area contributed by atoms with Crippen molar-refractivity contribution in [3.63, 3.8) is 0 Å². The van der Waals surface area contributed by atoms with Crippen molar-refractivity contribution >= 4 is 33.8 Å². The molecule has 1 unspecified atom stereocenters. The van der Waals surface area contributed by atoms with Crippen LogP contribution in [0.3, 0.4) is 0 Å². The molecule has 11 heteroatoms. The van der Waals surface area contributed by atoms with Crippen LogP contribution in [0.5, 0.6) is 0 Å². The van der Waals surface area contributed by atoms with Gasteiger partial charge in [-0.3, -0.25) is 9.08 Å². The average Bonchev–Trinajstić information content (AvgIpc) is 3.12. The first-order valence-corrected chi connectivity index (χ1v) is 11.0. The van der Waals surface area contributed by atoms with Gasteiger partial charge in [-0.05, 0) is 29.8 Å². The number of carbonyl (C=O) groups excluding carboxylic acids is 2. The van der Waals surface area contributed by atoms with Gasteiger partial charge in [0.25, 0.3) is 10.1 Å². The maximum atomic E-state index is 12.1. The molecule has 0 bridgehead atoms. The number of nitrogens with zero attached hydrogens (tertiary/aromatic N) is 2. The van der Waals surface area contributed by atoms with Crippen LogP contribution >= 0.6 is 0 Å². The predicted molar refractivity (Wildman–Crippen MR) is 112 cm³/mol. The van der Waals surface area contributed by atoms with Crippen LogP contribution < -0.4 is 10.6 Å². The molecule has 2 aromatic rings. The molecular weight excluding hydrogens is 426 g/mol. The fourth-order valence-electron chi connectivity index (χ4n) is 2.75. The number of amides is 2. The molecule has 0 spiro atoms. The summed E-state index contributed by atoms with van der Waals surface area (Å²) in [6.45, 7) is -0.0520. The second-order valence-corrected chi connectivity index (χ2v) is 8.33. The van der Waals surface area contributed by atoms with E-state index in [1.54, 1.807) is 24.3 Å². The molecule has 164 valence electrons. The van der Waals surface area contributed by atoms with E-state index in [-0.39, 0.29) is 25.6 Å². The maximum absolute atomic E-state index is 12.1. The van der Waals surface area contributed by atoms with Crippen LogP contribution in [0.15, 0.2) is 59.6 Å². The summed E-state index contributed by atoms with van der Waals surface area (Å²) in [4.78, 5) is 29.0. The first kappa shape index (κ1) is 22.2. The zero-order chi connectivity index (χ0) is 22.4. The first-order chi connectivity index (χ1) is 14.7. The Labute approximate surface area is 179 Å². The molecule has 1 aliphatic heterocycles. The highest BCUT2D eigenvalue weighted by Crippen LogP contribution is 2.22. The van der Waals surface area contributed by atoms with E-state index >= 15 is 0 Å². The number of anilines is 1. The monoisotopic (exact) mass is 447 g/mol. The number of amidine groups is 1. The van der Waals surface area contributed by atoms with E-state index in [0.717, 1.165) is 11.8 Å². The van der Waals surface area contributed by atoms with Crippen LogP contribution in [-0.2, 0) is 30.4 Å². The van der Waals surface area contributed by atoms with E-state index in [0.29, 0.717) is 11.3 Å². The minimum atomic E-state index is -3.63. The number of rotatable bonds is 7. The van der Waals surface area contributed by atoms with E-state index in [9.17, 15) is 18.0 Å². The molecule has 31 heavy (non-hydrogen) atoms. The van der Waals surface area contributed by atoms with Gasteiger partial charge in [-0.15, -0.1) is 0 Å². The molecule has 0 aliphatic carbocycles. The van der Waals surface area contributed by atoms with Gasteiger partial charge in [-0.2, -0.15) is 13.4 Å². The summed E-state index contributed by atoms with van der Waals surface area (Å²) < 4.78 is 37.0. The number of benzene rings is 2. The smallest absolute Gasteiger partial charge is 0.435 e. The SMILES string of the molecule is CS(=O)(=O)OCC1CN(c2ccc(C(N)=NC(=O)OCc3ccccc3)cc2)C(=O)O1. The number of ether oxygens (including phenoxy) is 2. The number of carbonyl (C=O) groups is 2. The highest BCUT2D eigenvalue weighted by atomic mass is 32.2. The van der Waals surface area contributed by atoms with Crippen molar-refractivity contribution in [3.8, 4) is 0 Å². The van der Waals surface area contributed by atoms with Crippen molar-refractivity contribution in [2.75, 3.05) is 24.3 Å². The Morgan fingerprint density at radius 2 is 1.87 bits per heavy atom. The number of hydrogen-bond donors (Lipinski definition) is 1. The van der Waals surface area contributed by atoms with Crippen molar-refractivity contribution in [3.05, 3.63) is 65.7 Å². The van der Waals surface area contributed by atoms with Crippen LogP contribution in [0.4, 0.5) is 15.3 Å². The second-order valence-electron chi connectivity index (χ2n) is 6.69. The normalized spacial score (nSPS) is 16.8. The van der Waals surface area contributed by atoms with Gasteiger partial charge in [0, 0.05) is 11.3 Å². The molecule has 2 amide bonds. The number of hydrogen-bond acceptors (Lipinski definition) is 7. The maximum Gasteiger partial charge on any atom is 0.435 e. The molecule has 1 fully saturated rings. The minimum absolute atomic E-state index is 0.0342. The van der Waals surface area contributed by atoms with E-state index in [1.165, 1.54) is 4.90 Å². The minimum Gasteiger partial charge on any atom is -0.443 e. The van der Waals surface area contributed by atoms with Crippen LogP contribution in [0.25, 0.3) is 0 Å². The Hall–Kier alpha value is -3.44. The Bertz CT molecular complexity index is 1070. The van der Waals surface area contributed by atoms with Gasteiger partial charge in [0.05, 0.1) is 12.8 Å². The summed E-state index contributed by atoms with van der Waals surface area (Å²) in [5, 5.41) is 0. The van der Waals surface area contributed by atoms with Crippen LogP contribution in [0, 0.1) is 0 Å². The summed E-state index contributed by atoms with van der Waals surface area (Å²) in [7, 11) is -3.63. The third-order valence-corrected chi connectivity index (χ3v) is 4.80. The van der Waals surface area contributed by atoms with Crippen molar-refractivity contribution in [1.29, 1.82) is 0 Å². The van der Waals surface area contributed by atoms with Gasteiger partial charge in [-0.25, -0.2) is 9.59 Å². The largest absolute Gasteiger partial charge is 0.443 e. The summed E-state index contributed by atoms with van der Waals surface area (Å²) in [5.41, 5.74) is 7.67. The molecule has 1 aliphatic rings. The molecule has 1 heterocycles.